The van der Waals surface area contributed by atoms with Gasteiger partial charge in [0.15, 0.2) is 6.29 Å². The highest BCUT2D eigenvalue weighted by Crippen LogP contribution is 2.32. The van der Waals surface area contributed by atoms with Crippen molar-refractivity contribution in [3.8, 4) is 0 Å². The maximum atomic E-state index is 12.4. The van der Waals surface area contributed by atoms with Gasteiger partial charge >= 0.3 is 6.18 Å². The molecule has 1 aromatic rings. The first-order valence-electron chi connectivity index (χ1n) is 5.66. The molecule has 0 heterocycles. The number of rotatable bonds is 5. The van der Waals surface area contributed by atoms with Crippen molar-refractivity contribution < 1.29 is 27.8 Å². The Morgan fingerprint density at radius 1 is 1.05 bits per heavy atom. The summed E-state index contributed by atoms with van der Waals surface area (Å²) < 4.78 is 47.2. The third-order valence-corrected chi connectivity index (χ3v) is 2.92. The number of benzene rings is 1. The molecule has 0 amide bonds. The predicted molar refractivity (Wildman–Crippen MR) is 63.4 cm³/mol. The number of hydrogen-bond donors (Lipinski definition) is 1. The minimum Gasteiger partial charge on any atom is -0.385 e. The summed E-state index contributed by atoms with van der Waals surface area (Å²) in [6.07, 6.45) is -4.89. The minimum atomic E-state index is -4.38. The van der Waals surface area contributed by atoms with Crippen molar-refractivity contribution in [2.75, 3.05) is 14.2 Å². The van der Waals surface area contributed by atoms with Crippen LogP contribution < -0.4 is 0 Å². The Morgan fingerprint density at radius 3 is 1.84 bits per heavy atom. The van der Waals surface area contributed by atoms with Gasteiger partial charge in [0.2, 0.25) is 0 Å². The summed E-state index contributed by atoms with van der Waals surface area (Å²) in [4.78, 5) is 0. The first-order valence-corrected chi connectivity index (χ1v) is 5.66. The van der Waals surface area contributed by atoms with Crippen LogP contribution in [0, 0.1) is 0 Å². The zero-order valence-corrected chi connectivity index (χ0v) is 11.0. The number of ether oxygens (including phenoxy) is 2. The number of halogens is 3. The van der Waals surface area contributed by atoms with Gasteiger partial charge in [0.05, 0.1) is 11.2 Å². The summed E-state index contributed by atoms with van der Waals surface area (Å²) in [7, 11) is 2.86. The lowest BCUT2D eigenvalue weighted by Crippen LogP contribution is -2.29. The highest BCUT2D eigenvalue weighted by molar-refractivity contribution is 5.28. The van der Waals surface area contributed by atoms with E-state index in [4.69, 9.17) is 9.47 Å². The average Bonchev–Trinajstić information content (AvgIpc) is 2.35. The topological polar surface area (TPSA) is 38.7 Å². The van der Waals surface area contributed by atoms with Crippen molar-refractivity contribution in [3.63, 3.8) is 0 Å². The fourth-order valence-corrected chi connectivity index (χ4v) is 1.72. The van der Waals surface area contributed by atoms with Crippen molar-refractivity contribution in [3.05, 3.63) is 35.4 Å². The zero-order chi connectivity index (χ0) is 14.7. The predicted octanol–water partition coefficient (Wildman–Crippen LogP) is 2.92. The summed E-state index contributed by atoms with van der Waals surface area (Å²) in [5.41, 5.74) is -1.71. The second kappa shape index (κ2) is 5.90. The van der Waals surface area contributed by atoms with Gasteiger partial charge in [-0.2, -0.15) is 13.2 Å². The van der Waals surface area contributed by atoms with Crippen LogP contribution in [0.2, 0.25) is 0 Å². The van der Waals surface area contributed by atoms with Crippen molar-refractivity contribution >= 4 is 0 Å². The maximum Gasteiger partial charge on any atom is 0.416 e. The molecule has 0 spiro atoms. The van der Waals surface area contributed by atoms with Crippen molar-refractivity contribution in [2.24, 2.45) is 0 Å². The molecule has 108 valence electrons. The molecule has 0 fully saturated rings. The standard InChI is InChI=1S/C13H17F3O3/c1-12(17,8-11(18-2)19-3)9-4-6-10(7-5-9)13(14,15)16/h4-7,11,17H,8H2,1-3H3. The Balaban J connectivity index is 2.90. The fourth-order valence-electron chi connectivity index (χ4n) is 1.72. The smallest absolute Gasteiger partial charge is 0.385 e. The average molecular weight is 278 g/mol. The van der Waals surface area contributed by atoms with Crippen LogP contribution in [0.3, 0.4) is 0 Å². The Kier molecular flexibility index (Phi) is 4.95. The summed E-state index contributed by atoms with van der Waals surface area (Å²) in [5.74, 6) is 0. The molecule has 3 nitrogen and oxygen atoms in total. The van der Waals surface area contributed by atoms with Gasteiger partial charge in [-0.15, -0.1) is 0 Å². The van der Waals surface area contributed by atoms with Crippen LogP contribution >= 0.6 is 0 Å². The van der Waals surface area contributed by atoms with E-state index in [1.165, 1.54) is 33.3 Å². The normalized spacial score (nSPS) is 15.6. The van der Waals surface area contributed by atoms with E-state index in [-0.39, 0.29) is 6.42 Å². The van der Waals surface area contributed by atoms with E-state index in [0.29, 0.717) is 5.56 Å². The van der Waals surface area contributed by atoms with Crippen molar-refractivity contribution in [1.29, 1.82) is 0 Å². The van der Waals surface area contributed by atoms with Crippen LogP contribution in [-0.4, -0.2) is 25.6 Å². The van der Waals surface area contributed by atoms with E-state index >= 15 is 0 Å². The monoisotopic (exact) mass is 278 g/mol. The Labute approximate surface area is 110 Å². The summed E-state index contributed by atoms with van der Waals surface area (Å²) in [6.45, 7) is 1.50. The molecule has 1 aromatic carbocycles. The van der Waals surface area contributed by atoms with Gasteiger partial charge in [0, 0.05) is 20.6 Å². The maximum absolute atomic E-state index is 12.4. The third-order valence-electron chi connectivity index (χ3n) is 2.92. The molecule has 1 atom stereocenters. The summed E-state index contributed by atoms with van der Waals surface area (Å²) >= 11 is 0. The van der Waals surface area contributed by atoms with Crippen LogP contribution in [-0.2, 0) is 21.3 Å². The van der Waals surface area contributed by atoms with Gasteiger partial charge in [-0.25, -0.2) is 0 Å². The van der Waals surface area contributed by atoms with Gasteiger partial charge < -0.3 is 14.6 Å². The molecule has 1 unspecified atom stereocenters. The van der Waals surface area contributed by atoms with Gasteiger partial charge in [-0.3, -0.25) is 0 Å². The van der Waals surface area contributed by atoms with Gasteiger partial charge in [-0.1, -0.05) is 12.1 Å². The molecule has 1 N–H and O–H groups in total. The highest BCUT2D eigenvalue weighted by Gasteiger charge is 2.32. The first kappa shape index (κ1) is 15.9. The van der Waals surface area contributed by atoms with Crippen molar-refractivity contribution in [1.82, 2.24) is 0 Å². The summed E-state index contributed by atoms with van der Waals surface area (Å²) in [6, 6.07) is 4.40. The molecular weight excluding hydrogens is 261 g/mol. The number of aliphatic hydroxyl groups is 1. The largest absolute Gasteiger partial charge is 0.416 e. The molecule has 0 saturated carbocycles. The Morgan fingerprint density at radius 2 is 1.47 bits per heavy atom. The SMILES string of the molecule is COC(CC(C)(O)c1ccc(C(F)(F)F)cc1)OC. The van der Waals surface area contributed by atoms with Crippen LogP contribution in [0.25, 0.3) is 0 Å². The Hall–Kier alpha value is -1.11. The molecule has 0 radical (unpaired) electrons. The molecule has 19 heavy (non-hydrogen) atoms. The molecule has 6 heteroatoms. The zero-order valence-electron chi connectivity index (χ0n) is 11.0. The molecule has 1 rings (SSSR count). The fraction of sp³-hybridized carbons (Fsp3) is 0.538. The van der Waals surface area contributed by atoms with Gasteiger partial charge in [0.1, 0.15) is 0 Å². The second-order valence-electron chi connectivity index (χ2n) is 4.45. The van der Waals surface area contributed by atoms with Crippen LogP contribution in [0.1, 0.15) is 24.5 Å². The number of alkyl halides is 3. The Bertz CT molecular complexity index is 395. The molecular formula is C13H17F3O3. The lowest BCUT2D eigenvalue weighted by Gasteiger charge is -2.27. The second-order valence-corrected chi connectivity index (χ2v) is 4.45. The van der Waals surface area contributed by atoms with Crippen LogP contribution in [0.4, 0.5) is 13.2 Å². The first-order chi connectivity index (χ1) is 8.70. The van der Waals surface area contributed by atoms with Gasteiger partial charge in [-0.05, 0) is 24.6 Å². The molecule has 0 aliphatic carbocycles. The van der Waals surface area contributed by atoms with Gasteiger partial charge in [0.25, 0.3) is 0 Å². The van der Waals surface area contributed by atoms with E-state index in [1.807, 2.05) is 0 Å². The van der Waals surface area contributed by atoms with E-state index in [0.717, 1.165) is 12.1 Å². The van der Waals surface area contributed by atoms with Crippen molar-refractivity contribution in [2.45, 2.75) is 31.4 Å². The highest BCUT2D eigenvalue weighted by atomic mass is 19.4. The van der Waals surface area contributed by atoms with E-state index in [1.54, 1.807) is 0 Å². The van der Waals surface area contributed by atoms with E-state index < -0.39 is 23.6 Å². The van der Waals surface area contributed by atoms with E-state index in [9.17, 15) is 18.3 Å². The summed E-state index contributed by atoms with van der Waals surface area (Å²) in [5, 5.41) is 10.3. The number of methoxy groups -OCH3 is 2. The molecule has 0 bridgehead atoms. The lowest BCUT2D eigenvalue weighted by molar-refractivity contribution is -0.142. The molecule has 0 aliphatic rings. The molecule has 0 aromatic heterocycles. The molecule has 0 saturated heterocycles. The van der Waals surface area contributed by atoms with Crippen LogP contribution in [0.15, 0.2) is 24.3 Å². The lowest BCUT2D eigenvalue weighted by atomic mass is 9.91. The van der Waals surface area contributed by atoms with Crippen LogP contribution in [0.5, 0.6) is 0 Å². The quantitative estimate of drug-likeness (QED) is 0.842. The molecule has 0 aliphatic heterocycles. The van der Waals surface area contributed by atoms with E-state index in [2.05, 4.69) is 0 Å². The minimum absolute atomic E-state index is 0.116. The number of hydrogen-bond acceptors (Lipinski definition) is 3. The third kappa shape index (κ3) is 4.19.